The molecule has 6 rings (SSSR count). The van der Waals surface area contributed by atoms with Gasteiger partial charge in [-0.2, -0.15) is 0 Å². The van der Waals surface area contributed by atoms with Gasteiger partial charge in [-0.1, -0.05) is 37.3 Å². The van der Waals surface area contributed by atoms with E-state index >= 15 is 0 Å². The number of nitrogens with one attached hydrogen (secondary N) is 1. The van der Waals surface area contributed by atoms with Crippen molar-refractivity contribution in [3.63, 3.8) is 0 Å². The molecule has 4 saturated heterocycles. The molecule has 244 valence electrons. The summed E-state index contributed by atoms with van der Waals surface area (Å²) >= 11 is 0. The van der Waals surface area contributed by atoms with Gasteiger partial charge in [0.15, 0.2) is 0 Å². The molecule has 4 heterocycles. The maximum absolute atomic E-state index is 13.9. The SMILES string of the molecule is CC(C)N1C(=O)N(CC2CCOCC2)CC12CC1CCC(C2)N1CC[C@H](NC(=O)C1(C)CCC(F)(F)CC1)c1ccccc1. The number of urea groups is 1. The van der Waals surface area contributed by atoms with E-state index in [1.165, 1.54) is 0 Å². The first-order valence-corrected chi connectivity index (χ1v) is 17.1. The number of nitrogens with zero attached hydrogens (tertiary/aromatic N) is 3. The van der Waals surface area contributed by atoms with Gasteiger partial charge in [0.25, 0.3) is 0 Å². The van der Waals surface area contributed by atoms with Crippen LogP contribution in [0.15, 0.2) is 30.3 Å². The summed E-state index contributed by atoms with van der Waals surface area (Å²) in [7, 11) is 0. The van der Waals surface area contributed by atoms with E-state index in [4.69, 9.17) is 4.74 Å². The zero-order chi connectivity index (χ0) is 31.1. The Bertz CT molecular complexity index is 1150. The molecule has 3 amide bonds. The van der Waals surface area contributed by atoms with Crippen molar-refractivity contribution in [2.24, 2.45) is 11.3 Å². The Morgan fingerprint density at radius 1 is 1.00 bits per heavy atom. The number of fused-ring (bicyclic) bond motifs is 2. The predicted molar refractivity (Wildman–Crippen MR) is 166 cm³/mol. The Hall–Kier alpha value is -2.26. The molecule has 2 bridgehead atoms. The third kappa shape index (κ3) is 6.37. The van der Waals surface area contributed by atoms with Crippen molar-refractivity contribution in [2.75, 3.05) is 32.8 Å². The highest BCUT2D eigenvalue weighted by atomic mass is 19.3. The van der Waals surface area contributed by atoms with Gasteiger partial charge in [-0.15, -0.1) is 0 Å². The Balaban J connectivity index is 1.13. The molecule has 5 aliphatic rings. The van der Waals surface area contributed by atoms with Crippen molar-refractivity contribution in [3.8, 4) is 0 Å². The molecule has 1 N–H and O–H groups in total. The maximum Gasteiger partial charge on any atom is 0.320 e. The average molecular weight is 615 g/mol. The summed E-state index contributed by atoms with van der Waals surface area (Å²) in [5.41, 5.74) is 0.170. The summed E-state index contributed by atoms with van der Waals surface area (Å²) in [6, 6.07) is 11.1. The molecule has 1 spiro atoms. The summed E-state index contributed by atoms with van der Waals surface area (Å²) in [6.07, 6.45) is 7.06. The first kappa shape index (κ1) is 31.7. The molecule has 9 heteroatoms. The second-order valence-corrected chi connectivity index (χ2v) is 15.1. The normalized spacial score (nSPS) is 31.2. The van der Waals surface area contributed by atoms with E-state index in [1.807, 2.05) is 25.1 Å². The van der Waals surface area contributed by atoms with Gasteiger partial charge in [0.05, 0.1) is 11.6 Å². The lowest BCUT2D eigenvalue weighted by molar-refractivity contribution is -0.138. The fraction of sp³-hybridized carbons (Fsp3) is 0.771. The number of benzene rings is 1. The second-order valence-electron chi connectivity index (χ2n) is 15.1. The fourth-order valence-corrected chi connectivity index (χ4v) is 9.12. The Labute approximate surface area is 262 Å². The van der Waals surface area contributed by atoms with Crippen LogP contribution < -0.4 is 5.32 Å². The maximum atomic E-state index is 13.9. The standard InChI is InChI=1S/C35H52F2N4O3/c1-25(2)41-32(43)39(23-26-12-19-44-20-13-26)24-34(41)21-28-9-10-29(22-34)40(28)18-11-30(27-7-5-4-6-8-27)38-31(42)33(3)14-16-35(36,37)17-15-33/h4-8,25-26,28-30H,9-24H2,1-3H3,(H,38,42)/t28?,29?,30-,34?/m0/s1. The number of hydrogen-bond donors (Lipinski definition) is 1. The number of carbonyl (C=O) groups excluding carboxylic acids is 2. The first-order chi connectivity index (χ1) is 21.0. The fourth-order valence-electron chi connectivity index (χ4n) is 9.12. The molecule has 1 aromatic carbocycles. The third-order valence-corrected chi connectivity index (χ3v) is 11.6. The lowest BCUT2D eigenvalue weighted by Crippen LogP contribution is -2.60. The quantitative estimate of drug-likeness (QED) is 0.350. The van der Waals surface area contributed by atoms with Crippen LogP contribution in [0.4, 0.5) is 13.6 Å². The molecule has 0 aromatic heterocycles. The third-order valence-electron chi connectivity index (χ3n) is 11.6. The van der Waals surface area contributed by atoms with Crippen molar-refractivity contribution >= 4 is 11.9 Å². The molecule has 1 aromatic rings. The molecule has 44 heavy (non-hydrogen) atoms. The van der Waals surface area contributed by atoms with Gasteiger partial charge in [0.2, 0.25) is 11.8 Å². The van der Waals surface area contributed by atoms with Gasteiger partial charge in [-0.3, -0.25) is 9.69 Å². The summed E-state index contributed by atoms with van der Waals surface area (Å²) in [5, 5.41) is 3.30. The second kappa shape index (κ2) is 12.5. The van der Waals surface area contributed by atoms with E-state index in [1.54, 1.807) is 0 Å². The number of halogens is 2. The van der Waals surface area contributed by atoms with E-state index in [0.29, 0.717) is 18.0 Å². The highest BCUT2D eigenvalue weighted by Gasteiger charge is 2.58. The van der Waals surface area contributed by atoms with Gasteiger partial charge >= 0.3 is 6.03 Å². The van der Waals surface area contributed by atoms with Gasteiger partial charge in [0, 0.05) is 69.2 Å². The van der Waals surface area contributed by atoms with Crippen LogP contribution in [0.25, 0.3) is 0 Å². The van der Waals surface area contributed by atoms with Crippen LogP contribution in [-0.2, 0) is 9.53 Å². The van der Waals surface area contributed by atoms with Gasteiger partial charge in [-0.25, -0.2) is 13.6 Å². The average Bonchev–Trinajstić information content (AvgIpc) is 3.41. The molecule has 1 saturated carbocycles. The van der Waals surface area contributed by atoms with Crippen molar-refractivity contribution in [1.82, 2.24) is 20.0 Å². The zero-order valence-electron chi connectivity index (χ0n) is 26.9. The molecular weight excluding hydrogens is 562 g/mol. The topological polar surface area (TPSA) is 65.1 Å². The highest BCUT2D eigenvalue weighted by Crippen LogP contribution is 2.48. The molecular formula is C35H52F2N4O3. The molecule has 5 fully saturated rings. The molecule has 2 unspecified atom stereocenters. The predicted octanol–water partition coefficient (Wildman–Crippen LogP) is 6.39. The molecule has 7 nitrogen and oxygen atoms in total. The van der Waals surface area contributed by atoms with Crippen molar-refractivity contribution < 1.29 is 23.1 Å². The minimum Gasteiger partial charge on any atom is -0.381 e. The van der Waals surface area contributed by atoms with Crippen molar-refractivity contribution in [3.05, 3.63) is 35.9 Å². The number of hydrogen-bond acceptors (Lipinski definition) is 4. The number of alkyl halides is 2. The van der Waals surface area contributed by atoms with E-state index in [9.17, 15) is 18.4 Å². The number of ether oxygens (including phenoxy) is 1. The summed E-state index contributed by atoms with van der Waals surface area (Å²) in [6.45, 7) is 10.3. The highest BCUT2D eigenvalue weighted by molar-refractivity contribution is 5.82. The number of rotatable bonds is 9. The van der Waals surface area contributed by atoms with Gasteiger partial charge in [-0.05, 0) is 83.1 Å². The van der Waals surface area contributed by atoms with Crippen LogP contribution in [0.1, 0.15) is 103 Å². The zero-order valence-corrected chi connectivity index (χ0v) is 26.9. The summed E-state index contributed by atoms with van der Waals surface area (Å²) < 4.78 is 33.4. The number of carbonyl (C=O) groups is 2. The lowest BCUT2D eigenvalue weighted by Gasteiger charge is -2.49. The number of amides is 3. The van der Waals surface area contributed by atoms with Crippen LogP contribution in [0.5, 0.6) is 0 Å². The molecule has 0 radical (unpaired) electrons. The van der Waals surface area contributed by atoms with Crippen LogP contribution in [-0.4, -0.2) is 89.1 Å². The molecule has 1 aliphatic carbocycles. The van der Waals surface area contributed by atoms with Crippen LogP contribution in [0.2, 0.25) is 0 Å². The first-order valence-electron chi connectivity index (χ1n) is 17.1. The Kier molecular flexibility index (Phi) is 9.01. The van der Waals surface area contributed by atoms with E-state index in [0.717, 1.165) is 83.4 Å². The van der Waals surface area contributed by atoms with Crippen LogP contribution >= 0.6 is 0 Å². The largest absolute Gasteiger partial charge is 0.381 e. The molecule has 4 aliphatic heterocycles. The van der Waals surface area contributed by atoms with Crippen molar-refractivity contribution in [2.45, 2.75) is 127 Å². The lowest BCUT2D eigenvalue weighted by atomic mass is 9.73. The smallest absolute Gasteiger partial charge is 0.320 e. The van der Waals surface area contributed by atoms with Crippen LogP contribution in [0, 0.1) is 11.3 Å². The monoisotopic (exact) mass is 614 g/mol. The minimum absolute atomic E-state index is 0.107. The van der Waals surface area contributed by atoms with Crippen LogP contribution in [0.3, 0.4) is 0 Å². The Morgan fingerprint density at radius 2 is 1.64 bits per heavy atom. The Morgan fingerprint density at radius 3 is 2.25 bits per heavy atom. The van der Waals surface area contributed by atoms with Crippen molar-refractivity contribution in [1.29, 1.82) is 0 Å². The van der Waals surface area contributed by atoms with E-state index in [2.05, 4.69) is 46.0 Å². The number of piperidine rings is 1. The summed E-state index contributed by atoms with van der Waals surface area (Å²) in [4.78, 5) is 34.4. The molecule has 3 atom stereocenters. The van der Waals surface area contributed by atoms with Gasteiger partial charge in [0.1, 0.15) is 0 Å². The van der Waals surface area contributed by atoms with E-state index < -0.39 is 11.3 Å². The minimum atomic E-state index is -2.67. The summed E-state index contributed by atoms with van der Waals surface area (Å²) in [5.74, 6) is -2.25. The van der Waals surface area contributed by atoms with Gasteiger partial charge < -0.3 is 19.9 Å². The van der Waals surface area contributed by atoms with E-state index in [-0.39, 0.29) is 55.2 Å².